The van der Waals surface area contributed by atoms with E-state index >= 15 is 0 Å². The fourth-order valence-electron chi connectivity index (χ4n) is 2.23. The van der Waals surface area contributed by atoms with E-state index < -0.39 is 0 Å². The van der Waals surface area contributed by atoms with E-state index in [-0.39, 0.29) is 0 Å². The minimum atomic E-state index is 0.811. The number of thioether (sulfide) groups is 1. The van der Waals surface area contributed by atoms with Crippen LogP contribution in [-0.2, 0) is 0 Å². The lowest BCUT2D eigenvalue weighted by atomic mass is 10.4. The average molecular weight is 275 g/mol. The normalized spacial score (nSPS) is 15.8. The SMILES string of the molecule is Cc1cc(C)n(-c2ccnc(N3CCSCC3)n2)n1. The minimum absolute atomic E-state index is 0.811. The molecule has 0 spiro atoms. The summed E-state index contributed by atoms with van der Waals surface area (Å²) in [7, 11) is 0. The summed E-state index contributed by atoms with van der Waals surface area (Å²) in [5, 5.41) is 4.47. The van der Waals surface area contributed by atoms with Crippen LogP contribution in [0.4, 0.5) is 5.95 Å². The lowest BCUT2D eigenvalue weighted by molar-refractivity contribution is 0.772. The van der Waals surface area contributed by atoms with Crippen LogP contribution in [0.1, 0.15) is 11.4 Å². The predicted octanol–water partition coefficient (Wildman–Crippen LogP) is 1.83. The molecule has 0 radical (unpaired) electrons. The van der Waals surface area contributed by atoms with E-state index in [1.807, 2.05) is 42.6 Å². The smallest absolute Gasteiger partial charge is 0.227 e. The van der Waals surface area contributed by atoms with E-state index in [0.29, 0.717) is 0 Å². The second-order valence-electron chi connectivity index (χ2n) is 4.65. The van der Waals surface area contributed by atoms with Crippen molar-refractivity contribution in [3.8, 4) is 5.82 Å². The third-order valence-electron chi connectivity index (χ3n) is 3.15. The molecule has 0 saturated carbocycles. The summed E-state index contributed by atoms with van der Waals surface area (Å²) >= 11 is 1.98. The molecule has 2 aromatic rings. The Balaban J connectivity index is 1.93. The first-order chi connectivity index (χ1) is 9.24. The summed E-state index contributed by atoms with van der Waals surface area (Å²) in [5.41, 5.74) is 2.10. The monoisotopic (exact) mass is 275 g/mol. The Morgan fingerprint density at radius 3 is 2.68 bits per heavy atom. The summed E-state index contributed by atoms with van der Waals surface area (Å²) in [4.78, 5) is 11.3. The van der Waals surface area contributed by atoms with Crippen molar-refractivity contribution in [2.75, 3.05) is 29.5 Å². The highest BCUT2D eigenvalue weighted by atomic mass is 32.2. The Bertz CT molecular complexity index is 574. The van der Waals surface area contributed by atoms with E-state index in [1.54, 1.807) is 0 Å². The van der Waals surface area contributed by atoms with Crippen LogP contribution in [-0.4, -0.2) is 44.3 Å². The Morgan fingerprint density at radius 1 is 1.21 bits per heavy atom. The number of hydrogen-bond donors (Lipinski definition) is 0. The second-order valence-corrected chi connectivity index (χ2v) is 5.88. The van der Waals surface area contributed by atoms with Crippen LogP contribution in [0, 0.1) is 13.8 Å². The van der Waals surface area contributed by atoms with Crippen LogP contribution >= 0.6 is 11.8 Å². The van der Waals surface area contributed by atoms with Crippen LogP contribution in [0.25, 0.3) is 5.82 Å². The van der Waals surface area contributed by atoms with E-state index in [2.05, 4.69) is 26.0 Å². The fraction of sp³-hybridized carbons (Fsp3) is 0.462. The number of nitrogens with zero attached hydrogens (tertiary/aromatic N) is 5. The van der Waals surface area contributed by atoms with Crippen molar-refractivity contribution in [3.63, 3.8) is 0 Å². The number of aryl methyl sites for hydroxylation is 2. The zero-order valence-electron chi connectivity index (χ0n) is 11.2. The third kappa shape index (κ3) is 2.58. The van der Waals surface area contributed by atoms with Crippen LogP contribution in [0.5, 0.6) is 0 Å². The number of aromatic nitrogens is 4. The molecule has 100 valence electrons. The van der Waals surface area contributed by atoms with Gasteiger partial charge in [0.15, 0.2) is 5.82 Å². The van der Waals surface area contributed by atoms with Crippen LogP contribution in [0.3, 0.4) is 0 Å². The van der Waals surface area contributed by atoms with Gasteiger partial charge in [-0.25, -0.2) is 9.67 Å². The van der Waals surface area contributed by atoms with Crippen LogP contribution in [0.2, 0.25) is 0 Å². The van der Waals surface area contributed by atoms with Gasteiger partial charge in [0.1, 0.15) is 0 Å². The Labute approximate surface area is 117 Å². The molecule has 2 aromatic heterocycles. The quantitative estimate of drug-likeness (QED) is 0.837. The molecule has 1 aliphatic heterocycles. The second kappa shape index (κ2) is 5.21. The molecule has 0 unspecified atom stereocenters. The van der Waals surface area contributed by atoms with Gasteiger partial charge in [0.2, 0.25) is 5.95 Å². The molecule has 0 amide bonds. The highest BCUT2D eigenvalue weighted by molar-refractivity contribution is 7.99. The maximum absolute atomic E-state index is 4.65. The van der Waals surface area contributed by atoms with Gasteiger partial charge in [-0.05, 0) is 19.9 Å². The van der Waals surface area contributed by atoms with Gasteiger partial charge in [-0.2, -0.15) is 21.8 Å². The van der Waals surface area contributed by atoms with E-state index in [4.69, 9.17) is 0 Å². The molecule has 5 nitrogen and oxygen atoms in total. The molecule has 3 rings (SSSR count). The van der Waals surface area contributed by atoms with Gasteiger partial charge >= 0.3 is 0 Å². The predicted molar refractivity (Wildman–Crippen MR) is 78.2 cm³/mol. The molecular weight excluding hydrogens is 258 g/mol. The van der Waals surface area contributed by atoms with Crippen molar-refractivity contribution < 1.29 is 0 Å². The van der Waals surface area contributed by atoms with E-state index in [1.165, 1.54) is 0 Å². The van der Waals surface area contributed by atoms with Gasteiger partial charge in [-0.3, -0.25) is 0 Å². The number of anilines is 1. The molecule has 19 heavy (non-hydrogen) atoms. The largest absolute Gasteiger partial charge is 0.339 e. The molecule has 0 aromatic carbocycles. The van der Waals surface area contributed by atoms with E-state index in [0.717, 1.165) is 47.7 Å². The minimum Gasteiger partial charge on any atom is -0.339 e. The molecule has 0 N–H and O–H groups in total. The summed E-state index contributed by atoms with van der Waals surface area (Å²) in [6.07, 6.45) is 1.82. The van der Waals surface area contributed by atoms with E-state index in [9.17, 15) is 0 Å². The first-order valence-electron chi connectivity index (χ1n) is 6.43. The Hall–Kier alpha value is -1.56. The molecule has 6 heteroatoms. The zero-order valence-corrected chi connectivity index (χ0v) is 12.0. The maximum Gasteiger partial charge on any atom is 0.227 e. The third-order valence-corrected chi connectivity index (χ3v) is 4.09. The summed E-state index contributed by atoms with van der Waals surface area (Å²) in [6, 6.07) is 3.96. The van der Waals surface area contributed by atoms with Crippen LogP contribution in [0.15, 0.2) is 18.3 Å². The first-order valence-corrected chi connectivity index (χ1v) is 7.59. The van der Waals surface area contributed by atoms with Crippen molar-refractivity contribution in [3.05, 3.63) is 29.7 Å². The average Bonchev–Trinajstić information content (AvgIpc) is 2.79. The maximum atomic E-state index is 4.65. The van der Waals surface area contributed by atoms with Gasteiger partial charge in [-0.15, -0.1) is 0 Å². The lowest BCUT2D eigenvalue weighted by Crippen LogP contribution is -2.34. The molecule has 1 saturated heterocycles. The van der Waals surface area contributed by atoms with Crippen LogP contribution < -0.4 is 4.90 Å². The van der Waals surface area contributed by atoms with Gasteiger partial charge < -0.3 is 4.90 Å². The zero-order chi connectivity index (χ0) is 13.2. The molecule has 3 heterocycles. The highest BCUT2D eigenvalue weighted by Crippen LogP contribution is 2.17. The molecule has 0 aliphatic carbocycles. The molecule has 0 atom stereocenters. The van der Waals surface area contributed by atoms with Crippen molar-refractivity contribution in [2.45, 2.75) is 13.8 Å². The molecule has 1 fully saturated rings. The van der Waals surface area contributed by atoms with Crippen molar-refractivity contribution in [1.29, 1.82) is 0 Å². The molecular formula is C13H17N5S. The topological polar surface area (TPSA) is 46.8 Å². The summed E-state index contributed by atoms with van der Waals surface area (Å²) < 4.78 is 1.87. The fourth-order valence-corrected chi connectivity index (χ4v) is 3.14. The van der Waals surface area contributed by atoms with Gasteiger partial charge in [0.25, 0.3) is 0 Å². The number of rotatable bonds is 2. The summed E-state index contributed by atoms with van der Waals surface area (Å²) in [6.45, 7) is 6.07. The Morgan fingerprint density at radius 2 is 2.00 bits per heavy atom. The molecule has 1 aliphatic rings. The van der Waals surface area contributed by atoms with Gasteiger partial charge in [-0.1, -0.05) is 0 Å². The number of hydrogen-bond acceptors (Lipinski definition) is 5. The van der Waals surface area contributed by atoms with Gasteiger partial charge in [0, 0.05) is 42.6 Å². The molecule has 0 bridgehead atoms. The van der Waals surface area contributed by atoms with Crippen molar-refractivity contribution in [1.82, 2.24) is 19.7 Å². The first kappa shape index (κ1) is 12.5. The van der Waals surface area contributed by atoms with Crippen molar-refractivity contribution >= 4 is 17.7 Å². The standard InChI is InChI=1S/C13H17N5S/c1-10-9-11(2)18(16-10)12-3-4-14-13(15-12)17-5-7-19-8-6-17/h3-4,9H,5-8H2,1-2H3. The Kier molecular flexibility index (Phi) is 3.42. The van der Waals surface area contributed by atoms with Crippen molar-refractivity contribution in [2.24, 2.45) is 0 Å². The lowest BCUT2D eigenvalue weighted by Gasteiger charge is -2.26. The van der Waals surface area contributed by atoms with Gasteiger partial charge in [0.05, 0.1) is 5.69 Å². The summed E-state index contributed by atoms with van der Waals surface area (Å²) in [5.74, 6) is 3.94. The highest BCUT2D eigenvalue weighted by Gasteiger charge is 2.15.